The third-order valence-corrected chi connectivity index (χ3v) is 5.03. The van der Waals surface area contributed by atoms with Crippen molar-refractivity contribution in [3.8, 4) is 0 Å². The minimum absolute atomic E-state index is 0.0209. The van der Waals surface area contributed by atoms with Gasteiger partial charge in [0, 0.05) is 30.9 Å². The van der Waals surface area contributed by atoms with Crippen LogP contribution in [0.4, 0.5) is 10.6 Å². The first-order chi connectivity index (χ1) is 11.7. The summed E-state index contributed by atoms with van der Waals surface area (Å²) in [5.74, 6) is 0.335. The van der Waals surface area contributed by atoms with Crippen LogP contribution in [0, 0.1) is 5.92 Å². The van der Waals surface area contributed by atoms with E-state index in [9.17, 15) is 9.59 Å². The number of nitrogens with one attached hydrogen (secondary N) is 3. The van der Waals surface area contributed by atoms with E-state index in [1.165, 1.54) is 12.8 Å². The fourth-order valence-electron chi connectivity index (χ4n) is 3.55. The molecule has 1 saturated carbocycles. The van der Waals surface area contributed by atoms with E-state index in [0.29, 0.717) is 18.4 Å². The second-order valence-corrected chi connectivity index (χ2v) is 6.84. The molecule has 3 amide bonds. The third kappa shape index (κ3) is 4.07. The lowest BCUT2D eigenvalue weighted by molar-refractivity contribution is -0.121. The first-order valence-corrected chi connectivity index (χ1v) is 9.06. The Labute approximate surface area is 142 Å². The zero-order chi connectivity index (χ0) is 16.9. The van der Waals surface area contributed by atoms with E-state index >= 15 is 0 Å². The number of aryl methyl sites for hydroxylation is 1. The van der Waals surface area contributed by atoms with E-state index in [-0.39, 0.29) is 17.9 Å². The molecule has 1 unspecified atom stereocenters. The summed E-state index contributed by atoms with van der Waals surface area (Å²) in [5, 5.41) is 13.0. The molecule has 3 rings (SSSR count). The van der Waals surface area contributed by atoms with E-state index in [1.807, 2.05) is 13.0 Å². The van der Waals surface area contributed by atoms with Gasteiger partial charge in [0.2, 0.25) is 5.91 Å². The summed E-state index contributed by atoms with van der Waals surface area (Å²) in [6.07, 6.45) is 7.05. The van der Waals surface area contributed by atoms with E-state index in [1.54, 1.807) is 4.90 Å². The first kappa shape index (κ1) is 16.8. The van der Waals surface area contributed by atoms with Crippen LogP contribution in [-0.4, -0.2) is 46.2 Å². The second kappa shape index (κ2) is 7.68. The number of rotatable bonds is 4. The minimum Gasteiger partial charge on any atom is -0.335 e. The summed E-state index contributed by atoms with van der Waals surface area (Å²) in [7, 11) is 0. The minimum atomic E-state index is -0.171. The average Bonchev–Trinajstić information content (AvgIpc) is 3.26. The number of hydrogen-bond acceptors (Lipinski definition) is 3. The van der Waals surface area contributed by atoms with Crippen LogP contribution in [0.25, 0.3) is 0 Å². The van der Waals surface area contributed by atoms with Crippen molar-refractivity contribution in [2.24, 2.45) is 5.92 Å². The van der Waals surface area contributed by atoms with E-state index in [4.69, 9.17) is 0 Å². The number of H-pyrrole nitrogens is 1. The van der Waals surface area contributed by atoms with Crippen molar-refractivity contribution >= 4 is 17.8 Å². The Morgan fingerprint density at radius 1 is 1.29 bits per heavy atom. The fraction of sp³-hybridized carbons (Fsp3) is 0.706. The molecule has 7 heteroatoms. The molecule has 2 aliphatic rings. The van der Waals surface area contributed by atoms with Gasteiger partial charge in [0.25, 0.3) is 0 Å². The summed E-state index contributed by atoms with van der Waals surface area (Å²) < 4.78 is 0. The first-order valence-electron chi connectivity index (χ1n) is 9.06. The number of aromatic amines is 1. The second-order valence-electron chi connectivity index (χ2n) is 6.84. The van der Waals surface area contributed by atoms with E-state index < -0.39 is 0 Å². The quantitative estimate of drug-likeness (QED) is 0.789. The number of urea groups is 1. The van der Waals surface area contributed by atoms with Crippen molar-refractivity contribution in [1.29, 1.82) is 0 Å². The molecule has 0 aromatic carbocycles. The monoisotopic (exact) mass is 333 g/mol. The summed E-state index contributed by atoms with van der Waals surface area (Å²) in [4.78, 5) is 26.6. The van der Waals surface area contributed by atoms with Gasteiger partial charge in [-0.2, -0.15) is 5.10 Å². The maximum Gasteiger partial charge on any atom is 0.317 e. The Bertz CT molecular complexity index is 579. The van der Waals surface area contributed by atoms with Crippen molar-refractivity contribution in [2.75, 3.05) is 18.4 Å². The Hall–Kier alpha value is -2.05. The number of carbonyl (C=O) groups is 2. The van der Waals surface area contributed by atoms with Gasteiger partial charge in [-0.1, -0.05) is 19.8 Å². The molecule has 2 heterocycles. The van der Waals surface area contributed by atoms with E-state index in [2.05, 4.69) is 20.8 Å². The van der Waals surface area contributed by atoms with Gasteiger partial charge in [0.05, 0.1) is 5.92 Å². The van der Waals surface area contributed by atoms with E-state index in [0.717, 1.165) is 44.3 Å². The lowest BCUT2D eigenvalue weighted by Crippen LogP contribution is -2.49. The molecule has 24 heavy (non-hydrogen) atoms. The van der Waals surface area contributed by atoms with Crippen molar-refractivity contribution in [3.63, 3.8) is 0 Å². The smallest absolute Gasteiger partial charge is 0.317 e. The van der Waals surface area contributed by atoms with Crippen LogP contribution in [0.15, 0.2) is 6.07 Å². The number of carbonyl (C=O) groups excluding carboxylic acids is 2. The number of amides is 3. The van der Waals surface area contributed by atoms with Crippen LogP contribution in [0.5, 0.6) is 0 Å². The molecule has 132 valence electrons. The molecule has 3 N–H and O–H groups in total. The Kier molecular flexibility index (Phi) is 5.37. The largest absolute Gasteiger partial charge is 0.335 e. The molecule has 1 aromatic rings. The molecular formula is C17H27N5O2. The molecule has 0 spiro atoms. The summed E-state index contributed by atoms with van der Waals surface area (Å²) in [5.41, 5.74) is 0.992. The zero-order valence-corrected chi connectivity index (χ0v) is 14.3. The van der Waals surface area contributed by atoms with Gasteiger partial charge < -0.3 is 15.5 Å². The molecular weight excluding hydrogens is 306 g/mol. The van der Waals surface area contributed by atoms with Crippen LogP contribution >= 0.6 is 0 Å². The molecule has 1 atom stereocenters. The number of anilines is 1. The predicted molar refractivity (Wildman–Crippen MR) is 91.7 cm³/mol. The summed E-state index contributed by atoms with van der Waals surface area (Å²) in [6, 6.07) is 2.14. The van der Waals surface area contributed by atoms with Crippen LogP contribution in [0.1, 0.15) is 51.1 Å². The highest BCUT2D eigenvalue weighted by atomic mass is 16.2. The Morgan fingerprint density at radius 2 is 2.08 bits per heavy atom. The molecule has 2 fully saturated rings. The average molecular weight is 333 g/mol. The van der Waals surface area contributed by atoms with Crippen molar-refractivity contribution in [3.05, 3.63) is 11.8 Å². The fourth-order valence-corrected chi connectivity index (χ4v) is 3.55. The van der Waals surface area contributed by atoms with Gasteiger partial charge in [-0.3, -0.25) is 9.89 Å². The highest BCUT2D eigenvalue weighted by molar-refractivity contribution is 5.92. The topological polar surface area (TPSA) is 90.1 Å². The van der Waals surface area contributed by atoms with Crippen molar-refractivity contribution < 1.29 is 9.59 Å². The molecule has 1 aromatic heterocycles. The van der Waals surface area contributed by atoms with Gasteiger partial charge >= 0.3 is 6.03 Å². The molecule has 1 saturated heterocycles. The molecule has 7 nitrogen and oxygen atoms in total. The van der Waals surface area contributed by atoms with Crippen LogP contribution in [-0.2, 0) is 11.2 Å². The number of likely N-dealkylation sites (tertiary alicyclic amines) is 1. The van der Waals surface area contributed by atoms with Crippen molar-refractivity contribution in [2.45, 2.75) is 57.9 Å². The van der Waals surface area contributed by atoms with Crippen LogP contribution in [0.2, 0.25) is 0 Å². The molecule has 1 aliphatic heterocycles. The highest BCUT2D eigenvalue weighted by Gasteiger charge is 2.30. The summed E-state index contributed by atoms with van der Waals surface area (Å²) >= 11 is 0. The summed E-state index contributed by atoms with van der Waals surface area (Å²) in [6.45, 7) is 3.24. The van der Waals surface area contributed by atoms with Gasteiger partial charge in [-0.05, 0) is 32.1 Å². The standard InChI is InChI=1S/C17H27N5O2/c1-2-13-10-15(21-20-13)19-16(23)12-6-5-9-22(11-12)17(24)18-14-7-3-4-8-14/h10,12,14H,2-9,11H2,1H3,(H,18,24)(H2,19,20,21,23). The highest BCUT2D eigenvalue weighted by Crippen LogP contribution is 2.21. The number of hydrogen-bond donors (Lipinski definition) is 3. The Balaban J connectivity index is 1.52. The predicted octanol–water partition coefficient (Wildman–Crippen LogP) is 2.27. The molecule has 1 aliphatic carbocycles. The molecule has 0 radical (unpaired) electrons. The number of nitrogens with zero attached hydrogens (tertiary/aromatic N) is 2. The van der Waals surface area contributed by atoms with Gasteiger partial charge in [-0.15, -0.1) is 0 Å². The number of piperidine rings is 1. The maximum atomic E-state index is 12.5. The van der Waals surface area contributed by atoms with Crippen LogP contribution < -0.4 is 10.6 Å². The van der Waals surface area contributed by atoms with Gasteiger partial charge in [0.1, 0.15) is 0 Å². The third-order valence-electron chi connectivity index (χ3n) is 5.03. The number of aromatic nitrogens is 2. The zero-order valence-electron chi connectivity index (χ0n) is 14.3. The van der Waals surface area contributed by atoms with Crippen molar-refractivity contribution in [1.82, 2.24) is 20.4 Å². The molecule has 0 bridgehead atoms. The van der Waals surface area contributed by atoms with Gasteiger partial charge in [0.15, 0.2) is 5.82 Å². The maximum absolute atomic E-state index is 12.5. The lowest BCUT2D eigenvalue weighted by atomic mass is 9.97. The van der Waals surface area contributed by atoms with Crippen LogP contribution in [0.3, 0.4) is 0 Å². The SMILES string of the molecule is CCc1cc(NC(=O)C2CCCN(C(=O)NC3CCCC3)C2)n[nH]1. The normalized spacial score (nSPS) is 21.7. The Morgan fingerprint density at radius 3 is 2.79 bits per heavy atom. The van der Waals surface area contributed by atoms with Gasteiger partial charge in [-0.25, -0.2) is 4.79 Å². The lowest BCUT2D eigenvalue weighted by Gasteiger charge is -2.32.